The van der Waals surface area contributed by atoms with Gasteiger partial charge in [-0.1, -0.05) is 30.3 Å². The molecule has 20 heavy (non-hydrogen) atoms. The lowest BCUT2D eigenvalue weighted by molar-refractivity contribution is -0.122. The van der Waals surface area contributed by atoms with E-state index in [1.54, 1.807) is 11.9 Å². The Morgan fingerprint density at radius 3 is 2.60 bits per heavy atom. The Hall–Kier alpha value is -2.14. The lowest BCUT2D eigenvalue weighted by Crippen LogP contribution is -2.47. The molecule has 0 unspecified atom stereocenters. The SMILES string of the molecule is CN1C(=O)/C(=C\c2ccccc2)N=C1N1CCOCC1. The van der Waals surface area contributed by atoms with Crippen LogP contribution < -0.4 is 0 Å². The first-order valence-electron chi connectivity index (χ1n) is 6.72. The standard InChI is InChI=1S/C15H17N3O2/c1-17-14(19)13(11-12-5-3-2-4-6-12)16-15(17)18-7-9-20-10-8-18/h2-6,11H,7-10H2,1H3/b13-11+. The predicted molar refractivity (Wildman–Crippen MR) is 77.0 cm³/mol. The van der Waals surface area contributed by atoms with Gasteiger partial charge in [-0.2, -0.15) is 0 Å². The summed E-state index contributed by atoms with van der Waals surface area (Å²) in [5.74, 6) is 0.663. The summed E-state index contributed by atoms with van der Waals surface area (Å²) in [6, 6.07) is 9.77. The summed E-state index contributed by atoms with van der Waals surface area (Å²) in [4.78, 5) is 20.4. The van der Waals surface area contributed by atoms with Crippen LogP contribution in [0.15, 0.2) is 41.0 Å². The number of rotatable bonds is 1. The maximum absolute atomic E-state index is 12.2. The number of likely N-dealkylation sites (N-methyl/N-ethyl adjacent to an activating group) is 1. The number of carbonyl (C=O) groups is 1. The van der Waals surface area contributed by atoms with Crippen molar-refractivity contribution < 1.29 is 9.53 Å². The first kappa shape index (κ1) is 12.9. The highest BCUT2D eigenvalue weighted by atomic mass is 16.5. The van der Waals surface area contributed by atoms with Gasteiger partial charge in [-0.15, -0.1) is 0 Å². The predicted octanol–water partition coefficient (Wildman–Crippen LogP) is 1.19. The van der Waals surface area contributed by atoms with Gasteiger partial charge in [0.15, 0.2) is 0 Å². The zero-order valence-corrected chi connectivity index (χ0v) is 11.5. The van der Waals surface area contributed by atoms with Crippen LogP contribution in [0.25, 0.3) is 6.08 Å². The number of carbonyl (C=O) groups excluding carboxylic acids is 1. The van der Waals surface area contributed by atoms with Gasteiger partial charge >= 0.3 is 0 Å². The number of benzene rings is 1. The van der Waals surface area contributed by atoms with Crippen LogP contribution in [0, 0.1) is 0 Å². The first-order valence-corrected chi connectivity index (χ1v) is 6.72. The van der Waals surface area contributed by atoms with Crippen LogP contribution >= 0.6 is 0 Å². The Kier molecular flexibility index (Phi) is 3.52. The molecule has 0 radical (unpaired) electrons. The maximum Gasteiger partial charge on any atom is 0.279 e. The molecule has 0 aliphatic carbocycles. The zero-order valence-electron chi connectivity index (χ0n) is 11.5. The number of aliphatic imine (C=N–C) groups is 1. The molecule has 1 fully saturated rings. The van der Waals surface area contributed by atoms with Crippen molar-refractivity contribution >= 4 is 17.9 Å². The summed E-state index contributed by atoms with van der Waals surface area (Å²) in [6.45, 7) is 2.90. The van der Waals surface area contributed by atoms with Gasteiger partial charge in [-0.05, 0) is 11.6 Å². The van der Waals surface area contributed by atoms with Gasteiger partial charge in [0.05, 0.1) is 13.2 Å². The Morgan fingerprint density at radius 1 is 1.20 bits per heavy atom. The van der Waals surface area contributed by atoms with E-state index in [4.69, 9.17) is 4.74 Å². The topological polar surface area (TPSA) is 45.1 Å². The third kappa shape index (κ3) is 2.44. The minimum Gasteiger partial charge on any atom is -0.378 e. The van der Waals surface area contributed by atoms with Crippen LogP contribution in [0.4, 0.5) is 0 Å². The molecular formula is C15H17N3O2. The summed E-state index contributed by atoms with van der Waals surface area (Å²) in [7, 11) is 1.77. The van der Waals surface area contributed by atoms with E-state index in [9.17, 15) is 4.79 Å². The smallest absolute Gasteiger partial charge is 0.279 e. The van der Waals surface area contributed by atoms with Gasteiger partial charge in [0.2, 0.25) is 5.96 Å². The van der Waals surface area contributed by atoms with E-state index in [1.165, 1.54) is 0 Å². The van der Waals surface area contributed by atoms with Crippen molar-refractivity contribution in [1.82, 2.24) is 9.80 Å². The average Bonchev–Trinajstić information content (AvgIpc) is 2.78. The highest BCUT2D eigenvalue weighted by molar-refractivity contribution is 6.13. The zero-order chi connectivity index (χ0) is 13.9. The van der Waals surface area contributed by atoms with Crippen molar-refractivity contribution in [2.24, 2.45) is 4.99 Å². The van der Waals surface area contributed by atoms with Crippen molar-refractivity contribution in [2.45, 2.75) is 0 Å². The second-order valence-corrected chi connectivity index (χ2v) is 4.82. The number of hydrogen-bond donors (Lipinski definition) is 0. The molecule has 0 saturated carbocycles. The van der Waals surface area contributed by atoms with E-state index in [0.717, 1.165) is 24.6 Å². The molecule has 0 atom stereocenters. The van der Waals surface area contributed by atoms with Crippen LogP contribution in [0.1, 0.15) is 5.56 Å². The lowest BCUT2D eigenvalue weighted by atomic mass is 10.2. The molecule has 2 aliphatic heterocycles. The van der Waals surface area contributed by atoms with E-state index in [1.807, 2.05) is 36.4 Å². The number of amides is 1. The van der Waals surface area contributed by atoms with Gasteiger partial charge in [0.1, 0.15) is 5.70 Å². The molecule has 0 spiro atoms. The molecule has 1 aromatic carbocycles. The van der Waals surface area contributed by atoms with Crippen molar-refractivity contribution in [3.05, 3.63) is 41.6 Å². The third-order valence-corrected chi connectivity index (χ3v) is 3.44. The van der Waals surface area contributed by atoms with E-state index in [2.05, 4.69) is 9.89 Å². The fourth-order valence-electron chi connectivity index (χ4n) is 2.34. The Labute approximate surface area is 118 Å². The van der Waals surface area contributed by atoms with Gasteiger partial charge in [-0.25, -0.2) is 4.99 Å². The molecule has 2 aliphatic rings. The second-order valence-electron chi connectivity index (χ2n) is 4.82. The largest absolute Gasteiger partial charge is 0.378 e. The third-order valence-electron chi connectivity index (χ3n) is 3.44. The van der Waals surface area contributed by atoms with Gasteiger partial charge in [0.25, 0.3) is 5.91 Å². The van der Waals surface area contributed by atoms with Gasteiger partial charge < -0.3 is 9.64 Å². The Balaban J connectivity index is 1.87. The molecule has 1 saturated heterocycles. The minimum atomic E-state index is -0.0599. The molecule has 5 nitrogen and oxygen atoms in total. The molecule has 1 amide bonds. The fraction of sp³-hybridized carbons (Fsp3) is 0.333. The van der Waals surface area contributed by atoms with Crippen molar-refractivity contribution in [3.8, 4) is 0 Å². The molecule has 0 aromatic heterocycles. The maximum atomic E-state index is 12.2. The van der Waals surface area contributed by atoms with Crippen LogP contribution in [0.2, 0.25) is 0 Å². The first-order chi connectivity index (χ1) is 9.75. The summed E-state index contributed by atoms with van der Waals surface area (Å²) in [6.07, 6.45) is 1.83. The molecular weight excluding hydrogens is 254 g/mol. The molecule has 5 heteroatoms. The number of nitrogens with zero attached hydrogens (tertiary/aromatic N) is 3. The summed E-state index contributed by atoms with van der Waals surface area (Å²) < 4.78 is 5.33. The number of morpholine rings is 1. The molecule has 3 rings (SSSR count). The molecule has 104 valence electrons. The number of hydrogen-bond acceptors (Lipinski definition) is 4. The lowest BCUT2D eigenvalue weighted by Gasteiger charge is -2.30. The van der Waals surface area contributed by atoms with Crippen LogP contribution in [-0.2, 0) is 9.53 Å². The molecule has 0 N–H and O–H groups in total. The van der Waals surface area contributed by atoms with E-state index >= 15 is 0 Å². The van der Waals surface area contributed by atoms with Crippen molar-refractivity contribution in [2.75, 3.05) is 33.4 Å². The monoisotopic (exact) mass is 271 g/mol. The van der Waals surface area contributed by atoms with E-state index < -0.39 is 0 Å². The molecule has 0 bridgehead atoms. The van der Waals surface area contributed by atoms with Crippen LogP contribution in [0.5, 0.6) is 0 Å². The van der Waals surface area contributed by atoms with Gasteiger partial charge in [-0.3, -0.25) is 9.69 Å². The highest BCUT2D eigenvalue weighted by Crippen LogP contribution is 2.19. The molecule has 2 heterocycles. The van der Waals surface area contributed by atoms with E-state index in [-0.39, 0.29) is 5.91 Å². The quantitative estimate of drug-likeness (QED) is 0.721. The number of guanidine groups is 1. The summed E-state index contributed by atoms with van der Waals surface area (Å²) in [5, 5.41) is 0. The van der Waals surface area contributed by atoms with Crippen molar-refractivity contribution in [3.63, 3.8) is 0 Å². The normalized spacial score (nSPS) is 21.6. The number of ether oxygens (including phenoxy) is 1. The second kappa shape index (κ2) is 5.46. The summed E-state index contributed by atoms with van der Waals surface area (Å²) in [5.41, 5.74) is 1.47. The fourth-order valence-corrected chi connectivity index (χ4v) is 2.34. The highest BCUT2D eigenvalue weighted by Gasteiger charge is 2.31. The summed E-state index contributed by atoms with van der Waals surface area (Å²) >= 11 is 0. The Morgan fingerprint density at radius 2 is 1.90 bits per heavy atom. The van der Waals surface area contributed by atoms with Gasteiger partial charge in [0, 0.05) is 20.1 Å². The van der Waals surface area contributed by atoms with E-state index in [0.29, 0.717) is 18.9 Å². The van der Waals surface area contributed by atoms with Crippen LogP contribution in [0.3, 0.4) is 0 Å². The Bertz CT molecular complexity index is 560. The minimum absolute atomic E-state index is 0.0599. The van der Waals surface area contributed by atoms with Crippen molar-refractivity contribution in [1.29, 1.82) is 0 Å². The van der Waals surface area contributed by atoms with Crippen LogP contribution in [-0.4, -0.2) is 55.0 Å². The molecule has 1 aromatic rings. The average molecular weight is 271 g/mol.